The molecular formula is C28H36N4O3. The van der Waals surface area contributed by atoms with Gasteiger partial charge in [-0.15, -0.1) is 0 Å². The van der Waals surface area contributed by atoms with Crippen molar-refractivity contribution in [3.05, 3.63) is 41.1 Å². The summed E-state index contributed by atoms with van der Waals surface area (Å²) in [7, 11) is 1.61. The van der Waals surface area contributed by atoms with Crippen LogP contribution in [0.15, 0.2) is 24.3 Å². The van der Waals surface area contributed by atoms with Gasteiger partial charge in [0.2, 0.25) is 5.91 Å². The van der Waals surface area contributed by atoms with Crippen LogP contribution in [0.2, 0.25) is 0 Å². The van der Waals surface area contributed by atoms with E-state index in [1.54, 1.807) is 7.11 Å². The Kier molecular flexibility index (Phi) is 7.92. The number of hydrogen-bond acceptors (Lipinski definition) is 6. The van der Waals surface area contributed by atoms with Crippen molar-refractivity contribution in [1.82, 2.24) is 9.88 Å². The van der Waals surface area contributed by atoms with E-state index < -0.39 is 0 Å². The highest BCUT2D eigenvalue weighted by molar-refractivity contribution is 5.79. The topological polar surface area (TPSA) is 78.7 Å². The van der Waals surface area contributed by atoms with E-state index >= 15 is 0 Å². The Balaban J connectivity index is 1.64. The van der Waals surface area contributed by atoms with E-state index in [4.69, 9.17) is 14.5 Å². The van der Waals surface area contributed by atoms with Crippen molar-refractivity contribution in [2.75, 3.05) is 44.9 Å². The maximum Gasteiger partial charge on any atom is 0.225 e. The van der Waals surface area contributed by atoms with Gasteiger partial charge >= 0.3 is 0 Å². The largest absolute Gasteiger partial charge is 0.494 e. The summed E-state index contributed by atoms with van der Waals surface area (Å²) < 4.78 is 10.8. The molecule has 0 radical (unpaired) electrons. The van der Waals surface area contributed by atoms with Crippen LogP contribution in [0.3, 0.4) is 0 Å². The van der Waals surface area contributed by atoms with E-state index in [9.17, 15) is 10.1 Å². The molecule has 1 atom stereocenters. The average Bonchev–Trinajstić information content (AvgIpc) is 3.71. The number of rotatable bonds is 9. The van der Waals surface area contributed by atoms with Gasteiger partial charge in [-0.1, -0.05) is 19.1 Å². The molecule has 0 unspecified atom stereocenters. The molecule has 1 amide bonds. The zero-order valence-electron chi connectivity index (χ0n) is 21.3. The van der Waals surface area contributed by atoms with E-state index in [-0.39, 0.29) is 11.9 Å². The minimum absolute atomic E-state index is 0.0430. The Morgan fingerprint density at radius 1 is 1.20 bits per heavy atom. The minimum atomic E-state index is 0.0430. The summed E-state index contributed by atoms with van der Waals surface area (Å²) in [6, 6.07) is 10.7. The van der Waals surface area contributed by atoms with Gasteiger partial charge in [0.25, 0.3) is 0 Å². The second-order valence-corrected chi connectivity index (χ2v) is 9.58. The number of benzene rings is 1. The number of methoxy groups -OCH3 is 1. The Bertz CT molecular complexity index is 1090. The molecule has 2 heterocycles. The molecule has 1 aromatic heterocycles. The van der Waals surface area contributed by atoms with Crippen LogP contribution in [0.1, 0.15) is 62.3 Å². The number of carbonyl (C=O) groups excluding carboxylic acids is 1. The van der Waals surface area contributed by atoms with Gasteiger partial charge in [-0.25, -0.2) is 4.98 Å². The zero-order chi connectivity index (χ0) is 24.9. The maximum absolute atomic E-state index is 12.6. The first-order valence-electron chi connectivity index (χ1n) is 12.7. The summed E-state index contributed by atoms with van der Waals surface area (Å²) in [6.45, 7) is 9.27. The Labute approximate surface area is 208 Å². The number of pyridine rings is 1. The predicted molar refractivity (Wildman–Crippen MR) is 137 cm³/mol. The molecule has 2 aliphatic rings. The Morgan fingerprint density at radius 3 is 2.54 bits per heavy atom. The van der Waals surface area contributed by atoms with Crippen molar-refractivity contribution in [3.8, 4) is 22.9 Å². The number of nitrogens with zero attached hydrogens (tertiary/aromatic N) is 4. The van der Waals surface area contributed by atoms with Crippen molar-refractivity contribution in [2.24, 2.45) is 0 Å². The van der Waals surface area contributed by atoms with Gasteiger partial charge in [0.15, 0.2) is 0 Å². The summed E-state index contributed by atoms with van der Waals surface area (Å²) >= 11 is 0. The fourth-order valence-corrected chi connectivity index (χ4v) is 4.88. The van der Waals surface area contributed by atoms with Gasteiger partial charge in [0.1, 0.15) is 17.6 Å². The lowest BCUT2D eigenvalue weighted by atomic mass is 9.93. The van der Waals surface area contributed by atoms with E-state index in [2.05, 4.69) is 36.9 Å². The molecule has 0 N–H and O–H groups in total. The predicted octanol–water partition coefficient (Wildman–Crippen LogP) is 4.67. The molecular weight excluding hydrogens is 440 g/mol. The highest BCUT2D eigenvalue weighted by Gasteiger charge is 2.34. The maximum atomic E-state index is 12.6. The fraction of sp³-hybridized carbons (Fsp3) is 0.536. The van der Waals surface area contributed by atoms with Crippen LogP contribution in [0.25, 0.3) is 11.1 Å². The summed E-state index contributed by atoms with van der Waals surface area (Å²) in [4.78, 5) is 21.8. The minimum Gasteiger partial charge on any atom is -0.494 e. The van der Waals surface area contributed by atoms with Crippen molar-refractivity contribution < 1.29 is 14.3 Å². The van der Waals surface area contributed by atoms with Gasteiger partial charge in [-0.05, 0) is 56.4 Å². The van der Waals surface area contributed by atoms with Crippen LogP contribution in [-0.4, -0.2) is 61.8 Å². The second kappa shape index (κ2) is 11.1. The van der Waals surface area contributed by atoms with Gasteiger partial charge < -0.3 is 19.3 Å². The molecule has 4 rings (SSSR count). The lowest BCUT2D eigenvalue weighted by Crippen LogP contribution is -2.54. The summed E-state index contributed by atoms with van der Waals surface area (Å²) in [5, 5.41) is 10.2. The van der Waals surface area contributed by atoms with Gasteiger partial charge in [-0.2, -0.15) is 5.26 Å². The van der Waals surface area contributed by atoms with Gasteiger partial charge in [0, 0.05) is 44.3 Å². The molecule has 1 aliphatic carbocycles. The van der Waals surface area contributed by atoms with Crippen LogP contribution in [-0.2, 0) is 9.53 Å². The fourth-order valence-electron chi connectivity index (χ4n) is 4.88. The van der Waals surface area contributed by atoms with Crippen molar-refractivity contribution in [1.29, 1.82) is 5.26 Å². The highest BCUT2D eigenvalue weighted by atomic mass is 16.5. The lowest BCUT2D eigenvalue weighted by molar-refractivity contribution is -0.134. The van der Waals surface area contributed by atoms with Crippen molar-refractivity contribution >= 4 is 11.7 Å². The molecule has 1 saturated heterocycles. The number of amides is 1. The summed E-state index contributed by atoms with van der Waals surface area (Å²) in [5.41, 5.74) is 4.85. The lowest BCUT2D eigenvalue weighted by Gasteiger charge is -2.41. The van der Waals surface area contributed by atoms with Crippen LogP contribution < -0.4 is 9.64 Å². The van der Waals surface area contributed by atoms with Gasteiger partial charge in [-0.3, -0.25) is 4.79 Å². The average molecular weight is 477 g/mol. The molecule has 2 fully saturated rings. The van der Waals surface area contributed by atoms with E-state index in [0.717, 1.165) is 53.2 Å². The monoisotopic (exact) mass is 476 g/mol. The molecule has 1 saturated carbocycles. The number of ether oxygens (including phenoxy) is 2. The number of hydrogen-bond donors (Lipinski definition) is 0. The molecule has 35 heavy (non-hydrogen) atoms. The van der Waals surface area contributed by atoms with Crippen LogP contribution in [0, 0.1) is 18.3 Å². The molecule has 7 nitrogen and oxygen atoms in total. The molecule has 2 aromatic rings. The van der Waals surface area contributed by atoms with Crippen LogP contribution >= 0.6 is 0 Å². The van der Waals surface area contributed by atoms with Crippen molar-refractivity contribution in [2.45, 2.75) is 58.4 Å². The third-order valence-electron chi connectivity index (χ3n) is 6.92. The quantitative estimate of drug-likeness (QED) is 0.523. The van der Waals surface area contributed by atoms with Gasteiger partial charge in [0.05, 0.1) is 30.9 Å². The third kappa shape index (κ3) is 5.43. The van der Waals surface area contributed by atoms with Crippen LogP contribution in [0.5, 0.6) is 5.75 Å². The summed E-state index contributed by atoms with van der Waals surface area (Å²) in [5.74, 6) is 2.16. The van der Waals surface area contributed by atoms with E-state index in [1.165, 1.54) is 0 Å². The third-order valence-corrected chi connectivity index (χ3v) is 6.92. The highest BCUT2D eigenvalue weighted by Crippen LogP contribution is 2.46. The van der Waals surface area contributed by atoms with Crippen molar-refractivity contribution in [3.63, 3.8) is 0 Å². The number of aromatic nitrogens is 1. The van der Waals surface area contributed by atoms with E-state index in [0.29, 0.717) is 50.8 Å². The van der Waals surface area contributed by atoms with E-state index in [1.807, 2.05) is 24.0 Å². The molecule has 0 spiro atoms. The Morgan fingerprint density at radius 2 is 1.94 bits per heavy atom. The molecule has 0 bridgehead atoms. The smallest absolute Gasteiger partial charge is 0.225 e. The first kappa shape index (κ1) is 25.0. The number of piperazine rings is 1. The SMILES string of the molecule is CCCOc1ccc(-c2c(C3CC3)nc(N3CCN(C(=O)CCOC)[C@H](C)C3)c(C#N)c2C)cc1. The Hall–Kier alpha value is -3.11. The number of anilines is 1. The van der Waals surface area contributed by atoms with Crippen LogP contribution in [0.4, 0.5) is 5.82 Å². The number of carbonyl (C=O) groups is 1. The zero-order valence-corrected chi connectivity index (χ0v) is 21.3. The molecule has 186 valence electrons. The standard InChI is InChI=1S/C28H36N4O3/c1-5-15-35-23-10-8-21(9-11-23)26-20(3)24(17-29)28(30-27(26)22-6-7-22)31-13-14-32(19(2)18-31)25(33)12-16-34-4/h8-11,19,22H,5-7,12-16,18H2,1-4H3/t19-/m1/s1. The normalized spacial score (nSPS) is 17.9. The first-order chi connectivity index (χ1) is 17.0. The molecule has 7 heteroatoms. The number of nitriles is 1. The molecule has 1 aromatic carbocycles. The first-order valence-corrected chi connectivity index (χ1v) is 12.7. The second-order valence-electron chi connectivity index (χ2n) is 9.58. The molecule has 1 aliphatic heterocycles. The summed E-state index contributed by atoms with van der Waals surface area (Å²) in [6.07, 6.45) is 3.61.